The molecule has 0 rings (SSSR count). The van der Waals surface area contributed by atoms with Crippen LogP contribution in [0.1, 0.15) is 19.3 Å². The number of carboxylic acid groups (broad SMARTS) is 3. The van der Waals surface area contributed by atoms with Crippen LogP contribution in [0.25, 0.3) is 0 Å². The summed E-state index contributed by atoms with van der Waals surface area (Å²) in [5.74, 6) is -6.09. The molecule has 0 aliphatic carbocycles. The van der Waals surface area contributed by atoms with Crippen molar-refractivity contribution in [2.24, 2.45) is 11.8 Å². The van der Waals surface area contributed by atoms with E-state index in [-0.39, 0.29) is 19.5 Å². The summed E-state index contributed by atoms with van der Waals surface area (Å²) in [7, 11) is 0. The molecule has 0 aromatic carbocycles. The SMILES string of the molecule is O=COCCC(C(=O)O)C(CC(=O)O)CC(=O)O. The summed E-state index contributed by atoms with van der Waals surface area (Å²) in [6, 6.07) is 0. The second kappa shape index (κ2) is 8.04. The van der Waals surface area contributed by atoms with Crippen molar-refractivity contribution >= 4 is 24.4 Å². The Bertz CT molecular complexity index is 308. The molecule has 0 aliphatic heterocycles. The number of aliphatic carboxylic acids is 3. The first-order valence-corrected chi connectivity index (χ1v) is 5.10. The summed E-state index contributed by atoms with van der Waals surface area (Å²) in [5, 5.41) is 26.2. The lowest BCUT2D eigenvalue weighted by molar-refractivity contribution is -0.149. The number of ether oxygens (including phenoxy) is 1. The molecule has 1 atom stereocenters. The van der Waals surface area contributed by atoms with Gasteiger partial charge in [-0.2, -0.15) is 0 Å². The van der Waals surface area contributed by atoms with Crippen LogP contribution < -0.4 is 0 Å². The molecule has 0 bridgehead atoms. The summed E-state index contributed by atoms with van der Waals surface area (Å²) in [4.78, 5) is 42.0. The molecule has 8 nitrogen and oxygen atoms in total. The van der Waals surface area contributed by atoms with E-state index in [1.807, 2.05) is 0 Å². The number of rotatable bonds is 10. The Labute approximate surface area is 102 Å². The summed E-state index contributed by atoms with van der Waals surface area (Å²) in [6.07, 6.45) is -1.26. The highest BCUT2D eigenvalue weighted by molar-refractivity contribution is 5.75. The van der Waals surface area contributed by atoms with E-state index in [9.17, 15) is 19.2 Å². The molecular formula is C10H14O8. The Kier molecular flexibility index (Phi) is 7.10. The monoisotopic (exact) mass is 262 g/mol. The zero-order valence-corrected chi connectivity index (χ0v) is 9.44. The van der Waals surface area contributed by atoms with Crippen molar-refractivity contribution in [3.8, 4) is 0 Å². The normalized spacial score (nSPS) is 11.8. The van der Waals surface area contributed by atoms with Crippen LogP contribution in [0.4, 0.5) is 0 Å². The Balaban J connectivity index is 4.72. The predicted molar refractivity (Wildman–Crippen MR) is 55.8 cm³/mol. The molecule has 8 heteroatoms. The van der Waals surface area contributed by atoms with E-state index in [1.54, 1.807) is 0 Å². The van der Waals surface area contributed by atoms with Crippen molar-refractivity contribution in [1.29, 1.82) is 0 Å². The van der Waals surface area contributed by atoms with E-state index in [1.165, 1.54) is 0 Å². The van der Waals surface area contributed by atoms with Gasteiger partial charge in [0.1, 0.15) is 0 Å². The van der Waals surface area contributed by atoms with Crippen molar-refractivity contribution in [2.45, 2.75) is 19.3 Å². The van der Waals surface area contributed by atoms with Crippen molar-refractivity contribution < 1.29 is 39.2 Å². The fraction of sp³-hybridized carbons (Fsp3) is 0.600. The minimum Gasteiger partial charge on any atom is -0.481 e. The largest absolute Gasteiger partial charge is 0.481 e. The first-order chi connectivity index (χ1) is 8.38. The van der Waals surface area contributed by atoms with E-state index < -0.39 is 42.6 Å². The lowest BCUT2D eigenvalue weighted by atomic mass is 9.84. The van der Waals surface area contributed by atoms with Crippen LogP contribution in [0.3, 0.4) is 0 Å². The molecule has 0 radical (unpaired) electrons. The molecule has 18 heavy (non-hydrogen) atoms. The summed E-state index contributed by atoms with van der Waals surface area (Å²) in [6.45, 7) is -0.0570. The summed E-state index contributed by atoms with van der Waals surface area (Å²) < 4.78 is 4.34. The maximum absolute atomic E-state index is 11.0. The van der Waals surface area contributed by atoms with Crippen molar-refractivity contribution in [3.05, 3.63) is 0 Å². The second-order valence-electron chi connectivity index (χ2n) is 3.66. The van der Waals surface area contributed by atoms with Crippen LogP contribution >= 0.6 is 0 Å². The van der Waals surface area contributed by atoms with Gasteiger partial charge in [-0.15, -0.1) is 0 Å². The van der Waals surface area contributed by atoms with Gasteiger partial charge in [0, 0.05) is 12.8 Å². The predicted octanol–water partition coefficient (Wildman–Crippen LogP) is -0.184. The molecule has 0 fully saturated rings. The average molecular weight is 262 g/mol. The van der Waals surface area contributed by atoms with E-state index >= 15 is 0 Å². The quantitative estimate of drug-likeness (QED) is 0.364. The topological polar surface area (TPSA) is 138 Å². The van der Waals surface area contributed by atoms with Crippen LogP contribution in [0.5, 0.6) is 0 Å². The zero-order chi connectivity index (χ0) is 14.1. The standard InChI is InChI=1S/C10H14O8/c11-5-18-2-1-7(10(16)17)6(3-8(12)13)4-9(14)15/h5-7H,1-4H2,(H,12,13)(H,14,15)(H,16,17). The van der Waals surface area contributed by atoms with Gasteiger partial charge in [0.05, 0.1) is 12.5 Å². The first-order valence-electron chi connectivity index (χ1n) is 5.10. The Morgan fingerprint density at radius 2 is 1.56 bits per heavy atom. The Morgan fingerprint density at radius 1 is 1.06 bits per heavy atom. The molecule has 0 amide bonds. The molecule has 102 valence electrons. The molecule has 1 unspecified atom stereocenters. The minimum atomic E-state index is -1.31. The van der Waals surface area contributed by atoms with Gasteiger partial charge in [-0.25, -0.2) is 0 Å². The van der Waals surface area contributed by atoms with Crippen LogP contribution in [-0.2, 0) is 23.9 Å². The molecule has 0 spiro atoms. The van der Waals surface area contributed by atoms with Gasteiger partial charge in [-0.1, -0.05) is 0 Å². The lowest BCUT2D eigenvalue weighted by Crippen LogP contribution is -2.29. The molecule has 0 saturated heterocycles. The van der Waals surface area contributed by atoms with E-state index in [2.05, 4.69) is 4.74 Å². The summed E-state index contributed by atoms with van der Waals surface area (Å²) >= 11 is 0. The van der Waals surface area contributed by atoms with Crippen LogP contribution in [-0.4, -0.2) is 46.3 Å². The van der Waals surface area contributed by atoms with Crippen LogP contribution in [0.2, 0.25) is 0 Å². The minimum absolute atomic E-state index is 0.126. The number of hydrogen-bond acceptors (Lipinski definition) is 5. The Hall–Kier alpha value is -2.12. The fourth-order valence-electron chi connectivity index (χ4n) is 1.61. The third-order valence-corrected chi connectivity index (χ3v) is 2.37. The lowest BCUT2D eigenvalue weighted by Gasteiger charge is -2.20. The maximum Gasteiger partial charge on any atom is 0.306 e. The molecule has 0 heterocycles. The van der Waals surface area contributed by atoms with E-state index in [0.717, 1.165) is 0 Å². The third kappa shape index (κ3) is 6.46. The average Bonchev–Trinajstić information content (AvgIpc) is 2.21. The molecule has 3 N–H and O–H groups in total. The fourth-order valence-corrected chi connectivity index (χ4v) is 1.61. The zero-order valence-electron chi connectivity index (χ0n) is 9.44. The Morgan fingerprint density at radius 3 is 1.89 bits per heavy atom. The molecule has 0 aromatic rings. The van der Waals surface area contributed by atoms with Gasteiger partial charge in [-0.3, -0.25) is 19.2 Å². The highest BCUT2D eigenvalue weighted by atomic mass is 16.5. The highest BCUT2D eigenvalue weighted by Gasteiger charge is 2.31. The number of carboxylic acids is 3. The van der Waals surface area contributed by atoms with Crippen molar-refractivity contribution in [3.63, 3.8) is 0 Å². The van der Waals surface area contributed by atoms with Crippen LogP contribution in [0.15, 0.2) is 0 Å². The molecule has 0 saturated carbocycles. The molecule has 0 aliphatic rings. The van der Waals surface area contributed by atoms with Gasteiger partial charge < -0.3 is 20.1 Å². The second-order valence-corrected chi connectivity index (χ2v) is 3.66. The van der Waals surface area contributed by atoms with Gasteiger partial charge in [-0.05, 0) is 12.3 Å². The first kappa shape index (κ1) is 15.9. The van der Waals surface area contributed by atoms with E-state index in [0.29, 0.717) is 0 Å². The van der Waals surface area contributed by atoms with Gasteiger partial charge >= 0.3 is 17.9 Å². The highest BCUT2D eigenvalue weighted by Crippen LogP contribution is 2.24. The number of hydrogen-bond donors (Lipinski definition) is 3. The van der Waals surface area contributed by atoms with Gasteiger partial charge in [0.25, 0.3) is 6.47 Å². The molecular weight excluding hydrogens is 248 g/mol. The third-order valence-electron chi connectivity index (χ3n) is 2.37. The van der Waals surface area contributed by atoms with Crippen molar-refractivity contribution in [2.75, 3.05) is 6.61 Å². The van der Waals surface area contributed by atoms with E-state index in [4.69, 9.17) is 15.3 Å². The van der Waals surface area contributed by atoms with Gasteiger partial charge in [0.15, 0.2) is 0 Å². The molecule has 0 aromatic heterocycles. The van der Waals surface area contributed by atoms with Crippen molar-refractivity contribution in [1.82, 2.24) is 0 Å². The van der Waals surface area contributed by atoms with Crippen LogP contribution in [0, 0.1) is 11.8 Å². The summed E-state index contributed by atoms with van der Waals surface area (Å²) in [5.41, 5.74) is 0. The van der Waals surface area contributed by atoms with Gasteiger partial charge in [0.2, 0.25) is 0 Å². The number of carbonyl (C=O) groups is 4. The smallest absolute Gasteiger partial charge is 0.306 e. The number of carbonyl (C=O) groups excluding carboxylic acids is 1. The maximum atomic E-state index is 11.0.